The fraction of sp³-hybridized carbons (Fsp3) is 0.720. The number of likely N-dealkylation sites (tertiary alicyclic amines) is 1. The molecule has 2 unspecified atom stereocenters. The molecule has 3 aliphatic rings. The zero-order valence-corrected chi connectivity index (χ0v) is 18.7. The lowest BCUT2D eigenvalue weighted by Gasteiger charge is -2.26. The van der Waals surface area contributed by atoms with Crippen LogP contribution in [-0.4, -0.2) is 49.7 Å². The average Bonchev–Trinajstić information content (AvgIpc) is 3.37. The second-order valence-electron chi connectivity index (χ2n) is 9.91. The molecule has 3 fully saturated rings. The van der Waals surface area contributed by atoms with Crippen LogP contribution in [0.5, 0.6) is 0 Å². The first kappa shape index (κ1) is 20.7. The molecule has 4 rings (SSSR count). The number of hydrogen-bond acceptors (Lipinski definition) is 4. The number of nitrogens with zero attached hydrogens (tertiary/aromatic N) is 2. The van der Waals surface area contributed by atoms with Gasteiger partial charge < -0.3 is 14.5 Å². The molecule has 0 aliphatic carbocycles. The van der Waals surface area contributed by atoms with Gasteiger partial charge in [-0.05, 0) is 48.6 Å². The molecule has 0 aromatic heterocycles. The summed E-state index contributed by atoms with van der Waals surface area (Å²) in [6, 6.07) is 8.93. The highest BCUT2D eigenvalue weighted by Gasteiger charge is 2.46. The van der Waals surface area contributed by atoms with Crippen LogP contribution < -0.4 is 4.90 Å². The fourth-order valence-corrected chi connectivity index (χ4v) is 5.89. The van der Waals surface area contributed by atoms with Crippen molar-refractivity contribution in [3.05, 3.63) is 29.8 Å². The summed E-state index contributed by atoms with van der Waals surface area (Å²) >= 11 is 0. The van der Waals surface area contributed by atoms with Gasteiger partial charge in [0, 0.05) is 44.8 Å². The van der Waals surface area contributed by atoms with E-state index in [2.05, 4.69) is 61.8 Å². The Kier molecular flexibility index (Phi) is 5.92. The molecule has 3 aliphatic heterocycles. The van der Waals surface area contributed by atoms with Crippen LogP contribution in [0.2, 0.25) is 0 Å². The highest BCUT2D eigenvalue weighted by Crippen LogP contribution is 2.42. The largest absolute Gasteiger partial charge is 0.462 e. The minimum absolute atomic E-state index is 0.0465. The Hall–Kier alpha value is -1.55. The molecule has 3 heterocycles. The number of carbonyl (C=O) groups is 1. The highest BCUT2D eigenvalue weighted by atomic mass is 16.6. The smallest absolute Gasteiger partial charge is 0.312 e. The molecular formula is C25H38N2O2. The van der Waals surface area contributed by atoms with E-state index in [0.29, 0.717) is 5.92 Å². The number of esters is 1. The first-order valence-electron chi connectivity index (χ1n) is 11.7. The lowest BCUT2D eigenvalue weighted by molar-refractivity contribution is -0.149. The summed E-state index contributed by atoms with van der Waals surface area (Å²) in [5.74, 6) is 2.15. The molecule has 29 heavy (non-hydrogen) atoms. The SMILES string of the molecule is CCC1(CC)C[C@@H](CCN2CC3CN(c4ccccc4C(C)C)CC3C2)OC1=O. The van der Waals surface area contributed by atoms with Gasteiger partial charge in [-0.15, -0.1) is 0 Å². The first-order valence-corrected chi connectivity index (χ1v) is 11.7. The number of fused-ring (bicyclic) bond motifs is 1. The van der Waals surface area contributed by atoms with Crippen molar-refractivity contribution in [3.8, 4) is 0 Å². The summed E-state index contributed by atoms with van der Waals surface area (Å²) in [5, 5.41) is 0. The third-order valence-electron chi connectivity index (χ3n) is 7.91. The summed E-state index contributed by atoms with van der Waals surface area (Å²) in [5.41, 5.74) is 2.70. The quantitative estimate of drug-likeness (QED) is 0.624. The fourth-order valence-electron chi connectivity index (χ4n) is 5.89. The summed E-state index contributed by atoms with van der Waals surface area (Å²) < 4.78 is 5.75. The molecule has 0 spiro atoms. The zero-order chi connectivity index (χ0) is 20.6. The van der Waals surface area contributed by atoms with E-state index >= 15 is 0 Å². The van der Waals surface area contributed by atoms with Gasteiger partial charge in [-0.1, -0.05) is 45.9 Å². The number of cyclic esters (lactones) is 1. The molecule has 160 valence electrons. The number of anilines is 1. The van der Waals surface area contributed by atoms with E-state index < -0.39 is 0 Å². The molecule has 0 radical (unpaired) electrons. The third-order valence-corrected chi connectivity index (χ3v) is 7.91. The minimum atomic E-state index is -0.212. The van der Waals surface area contributed by atoms with Crippen molar-refractivity contribution >= 4 is 11.7 Å². The second-order valence-corrected chi connectivity index (χ2v) is 9.91. The number of ether oxygens (including phenoxy) is 1. The molecule has 0 bridgehead atoms. The van der Waals surface area contributed by atoms with Crippen LogP contribution in [0.25, 0.3) is 0 Å². The van der Waals surface area contributed by atoms with Crippen LogP contribution in [0.15, 0.2) is 24.3 Å². The summed E-state index contributed by atoms with van der Waals surface area (Å²) in [7, 11) is 0. The maximum atomic E-state index is 12.3. The van der Waals surface area contributed by atoms with Crippen molar-refractivity contribution in [2.24, 2.45) is 17.3 Å². The standard InChI is InChI=1S/C25H38N2O2/c1-5-25(6-2)13-21(29-24(25)28)11-12-26-14-19-16-27(17-20(19)15-26)23-10-8-7-9-22(23)18(3)4/h7-10,18-21H,5-6,11-17H2,1-4H3/t19?,20?,21-/m1/s1. The van der Waals surface area contributed by atoms with Gasteiger partial charge in [-0.3, -0.25) is 4.79 Å². The summed E-state index contributed by atoms with van der Waals surface area (Å²) in [6.45, 7) is 14.6. The molecule has 0 saturated carbocycles. The maximum Gasteiger partial charge on any atom is 0.312 e. The lowest BCUT2D eigenvalue weighted by atomic mass is 9.79. The number of carbonyl (C=O) groups excluding carboxylic acids is 1. The monoisotopic (exact) mass is 398 g/mol. The van der Waals surface area contributed by atoms with Crippen molar-refractivity contribution in [3.63, 3.8) is 0 Å². The second kappa shape index (κ2) is 8.29. The van der Waals surface area contributed by atoms with E-state index in [-0.39, 0.29) is 17.5 Å². The van der Waals surface area contributed by atoms with E-state index in [0.717, 1.165) is 44.1 Å². The van der Waals surface area contributed by atoms with Gasteiger partial charge in [0.15, 0.2) is 0 Å². The molecule has 4 heteroatoms. The van der Waals surface area contributed by atoms with Crippen molar-refractivity contribution in [2.45, 2.75) is 65.4 Å². The Morgan fingerprint density at radius 3 is 2.31 bits per heavy atom. The van der Waals surface area contributed by atoms with E-state index in [1.807, 2.05) is 0 Å². The van der Waals surface area contributed by atoms with Crippen LogP contribution in [0.4, 0.5) is 5.69 Å². The first-order chi connectivity index (χ1) is 14.0. The molecule has 4 nitrogen and oxygen atoms in total. The van der Waals surface area contributed by atoms with Gasteiger partial charge in [0.1, 0.15) is 6.10 Å². The molecule has 0 amide bonds. The molecule has 3 saturated heterocycles. The van der Waals surface area contributed by atoms with Gasteiger partial charge in [-0.25, -0.2) is 0 Å². The number of para-hydroxylation sites is 1. The Bertz CT molecular complexity index is 713. The topological polar surface area (TPSA) is 32.8 Å². The molecule has 0 N–H and O–H groups in total. The van der Waals surface area contributed by atoms with Gasteiger partial charge in [0.2, 0.25) is 0 Å². The van der Waals surface area contributed by atoms with Gasteiger partial charge >= 0.3 is 5.97 Å². The Morgan fingerprint density at radius 1 is 1.07 bits per heavy atom. The van der Waals surface area contributed by atoms with Crippen LogP contribution in [0, 0.1) is 17.3 Å². The zero-order valence-electron chi connectivity index (χ0n) is 18.7. The highest BCUT2D eigenvalue weighted by molar-refractivity contribution is 5.78. The molecule has 1 aromatic carbocycles. The van der Waals surface area contributed by atoms with Gasteiger partial charge in [0.05, 0.1) is 5.41 Å². The van der Waals surface area contributed by atoms with Crippen molar-refractivity contribution in [1.82, 2.24) is 4.90 Å². The van der Waals surface area contributed by atoms with Crippen LogP contribution in [0.1, 0.15) is 64.9 Å². The van der Waals surface area contributed by atoms with Gasteiger partial charge in [0.25, 0.3) is 0 Å². The predicted molar refractivity (Wildman–Crippen MR) is 118 cm³/mol. The average molecular weight is 399 g/mol. The Labute approximate surface area is 176 Å². The van der Waals surface area contributed by atoms with E-state index in [1.54, 1.807) is 0 Å². The van der Waals surface area contributed by atoms with Gasteiger partial charge in [-0.2, -0.15) is 0 Å². The van der Waals surface area contributed by atoms with E-state index in [1.165, 1.54) is 37.4 Å². The Balaban J connectivity index is 1.29. The van der Waals surface area contributed by atoms with Crippen LogP contribution in [-0.2, 0) is 9.53 Å². The maximum absolute atomic E-state index is 12.3. The molecule has 3 atom stereocenters. The Morgan fingerprint density at radius 2 is 1.72 bits per heavy atom. The van der Waals surface area contributed by atoms with E-state index in [9.17, 15) is 4.79 Å². The van der Waals surface area contributed by atoms with Crippen molar-refractivity contribution < 1.29 is 9.53 Å². The lowest BCUT2D eigenvalue weighted by Crippen LogP contribution is -2.31. The summed E-state index contributed by atoms with van der Waals surface area (Å²) in [6.07, 6.45) is 3.84. The van der Waals surface area contributed by atoms with Crippen molar-refractivity contribution in [1.29, 1.82) is 0 Å². The number of hydrogen-bond donors (Lipinski definition) is 0. The molecular weight excluding hydrogens is 360 g/mol. The van der Waals surface area contributed by atoms with E-state index in [4.69, 9.17) is 4.74 Å². The van der Waals surface area contributed by atoms with Crippen LogP contribution >= 0.6 is 0 Å². The normalized spacial score (nSPS) is 28.9. The summed E-state index contributed by atoms with van der Waals surface area (Å²) in [4.78, 5) is 17.6. The predicted octanol–water partition coefficient (Wildman–Crippen LogP) is 4.69. The van der Waals surface area contributed by atoms with Crippen molar-refractivity contribution in [2.75, 3.05) is 37.6 Å². The third kappa shape index (κ3) is 3.93. The minimum Gasteiger partial charge on any atom is -0.462 e. The van der Waals surface area contributed by atoms with Crippen LogP contribution in [0.3, 0.4) is 0 Å². The number of rotatable bonds is 7. The molecule has 1 aromatic rings. The number of benzene rings is 1.